The number of halogens is 2. The molecule has 0 spiro atoms. The van der Waals surface area contributed by atoms with E-state index >= 15 is 0 Å². The van der Waals surface area contributed by atoms with Crippen LogP contribution in [0.5, 0.6) is 0 Å². The molecule has 0 aliphatic carbocycles. The number of aryl methyl sites for hydroxylation is 2. The van der Waals surface area contributed by atoms with Gasteiger partial charge in [0.05, 0.1) is 22.5 Å². The summed E-state index contributed by atoms with van der Waals surface area (Å²) in [6, 6.07) is 17.9. The van der Waals surface area contributed by atoms with Gasteiger partial charge in [0.15, 0.2) is 0 Å². The summed E-state index contributed by atoms with van der Waals surface area (Å²) < 4.78 is 98.8. The second kappa shape index (κ2) is 18.2. The number of nitrogens with two attached hydrogens (primary N) is 1. The van der Waals surface area contributed by atoms with Gasteiger partial charge in [0.25, 0.3) is 22.0 Å². The number of fused-ring (bicyclic) bond motifs is 4. The summed E-state index contributed by atoms with van der Waals surface area (Å²) >= 11 is 0. The second-order valence-electron chi connectivity index (χ2n) is 16.5. The summed E-state index contributed by atoms with van der Waals surface area (Å²) in [6.07, 6.45) is 2.88. The van der Waals surface area contributed by atoms with E-state index in [9.17, 15) is 40.0 Å². The summed E-state index contributed by atoms with van der Waals surface area (Å²) in [5.41, 5.74) is 3.67. The third kappa shape index (κ3) is 9.93. The number of furan rings is 2. The van der Waals surface area contributed by atoms with E-state index in [1.54, 1.807) is 45.0 Å². The molecule has 2 aromatic heterocycles. The van der Waals surface area contributed by atoms with Gasteiger partial charge in [0, 0.05) is 61.2 Å². The van der Waals surface area contributed by atoms with E-state index in [1.165, 1.54) is 66.9 Å². The van der Waals surface area contributed by atoms with E-state index < -0.39 is 49.7 Å². The van der Waals surface area contributed by atoms with Gasteiger partial charge in [-0.05, 0) is 131 Å². The highest BCUT2D eigenvalue weighted by molar-refractivity contribution is 7.91. The molecule has 2 aliphatic heterocycles. The Hall–Kier alpha value is -6.51. The lowest BCUT2D eigenvalue weighted by atomic mass is 10.0. The number of carbonyl (C=O) groups is 3. The Morgan fingerprint density at radius 3 is 1.48 bits per heavy atom. The van der Waals surface area contributed by atoms with Crippen LogP contribution in [0.1, 0.15) is 78.3 Å². The predicted molar refractivity (Wildman–Crippen MR) is 242 cm³/mol. The average molecular weight is 935 g/mol. The molecule has 0 saturated heterocycles. The van der Waals surface area contributed by atoms with Gasteiger partial charge in [0.1, 0.15) is 39.9 Å². The maximum atomic E-state index is 13.5. The Morgan fingerprint density at radius 1 is 0.662 bits per heavy atom. The zero-order chi connectivity index (χ0) is 47.0. The molecule has 0 fully saturated rings. The third-order valence-corrected chi connectivity index (χ3v) is 13.1. The highest BCUT2D eigenvalue weighted by atomic mass is 32.2. The molecule has 0 bridgehead atoms. The van der Waals surface area contributed by atoms with Crippen molar-refractivity contribution < 1.29 is 53.6 Å². The van der Waals surface area contributed by atoms with Gasteiger partial charge >= 0.3 is 16.3 Å². The van der Waals surface area contributed by atoms with E-state index in [2.05, 4.69) is 10.6 Å². The lowest BCUT2D eigenvalue weighted by Gasteiger charge is -2.26. The number of nitrogens with zero attached hydrogens (tertiary/aromatic N) is 2. The monoisotopic (exact) mass is 934 g/mol. The molecular formula is C45H48F2N6O10S2. The van der Waals surface area contributed by atoms with Crippen LogP contribution in [-0.2, 0) is 38.0 Å². The van der Waals surface area contributed by atoms with Crippen molar-refractivity contribution in [1.29, 1.82) is 0 Å². The predicted octanol–water partition coefficient (Wildman–Crippen LogP) is 7.46. The number of hydrogen-bond donors (Lipinski definition) is 4. The van der Waals surface area contributed by atoms with Crippen molar-refractivity contribution in [3.05, 3.63) is 107 Å². The number of carbonyl (C=O) groups excluding carboxylic acids is 3. The highest BCUT2D eigenvalue weighted by Crippen LogP contribution is 2.41. The molecule has 4 heterocycles. The number of amides is 3. The molecule has 65 heavy (non-hydrogen) atoms. The maximum absolute atomic E-state index is 13.5. The summed E-state index contributed by atoms with van der Waals surface area (Å²) in [5.74, 6) is -1.03. The molecule has 2 aliphatic rings. The summed E-state index contributed by atoms with van der Waals surface area (Å²) in [7, 11) is -5.23. The molecule has 0 radical (unpaired) electrons. The molecule has 6 aromatic rings. The number of anilines is 2. The average Bonchev–Trinajstić information content (AvgIpc) is 3.60. The van der Waals surface area contributed by atoms with Gasteiger partial charge < -0.3 is 24.2 Å². The van der Waals surface area contributed by atoms with Crippen LogP contribution in [0.3, 0.4) is 0 Å². The normalized spacial score (nSPS) is 14.3. The van der Waals surface area contributed by atoms with Gasteiger partial charge in [-0.15, -0.1) is 0 Å². The van der Waals surface area contributed by atoms with Gasteiger partial charge in [-0.1, -0.05) is 0 Å². The van der Waals surface area contributed by atoms with Crippen LogP contribution in [0.4, 0.5) is 25.0 Å². The number of ether oxygens (including phenoxy) is 1. The first-order valence-corrected chi connectivity index (χ1v) is 23.6. The fraction of sp³-hybridized carbons (Fsp3) is 0.311. The summed E-state index contributed by atoms with van der Waals surface area (Å²) in [4.78, 5) is 37.7. The molecule has 0 unspecified atom stereocenters. The van der Waals surface area contributed by atoms with E-state index in [0.29, 0.717) is 87.8 Å². The molecule has 16 nitrogen and oxygen atoms in total. The Kier molecular flexibility index (Phi) is 13.0. The van der Waals surface area contributed by atoms with Crippen molar-refractivity contribution in [3.63, 3.8) is 0 Å². The first kappa shape index (κ1) is 46.5. The first-order chi connectivity index (χ1) is 30.7. The van der Waals surface area contributed by atoms with Crippen LogP contribution in [-0.4, -0.2) is 67.5 Å². The van der Waals surface area contributed by atoms with Crippen LogP contribution >= 0.6 is 0 Å². The quantitative estimate of drug-likeness (QED) is 0.124. The van der Waals surface area contributed by atoms with Crippen LogP contribution < -0.4 is 29.1 Å². The third-order valence-electron chi connectivity index (χ3n) is 10.8. The molecule has 0 saturated carbocycles. The first-order valence-electron chi connectivity index (χ1n) is 20.7. The van der Waals surface area contributed by atoms with Crippen molar-refractivity contribution >= 4 is 71.6 Å². The smallest absolute Gasteiger partial charge is 0.422 e. The van der Waals surface area contributed by atoms with Crippen molar-refractivity contribution in [2.24, 2.45) is 5.14 Å². The summed E-state index contributed by atoms with van der Waals surface area (Å²) in [5, 5.41) is 11.7. The molecule has 0 atom stereocenters. The van der Waals surface area contributed by atoms with Crippen LogP contribution in [0, 0.1) is 11.6 Å². The molecule has 8 rings (SSSR count). The second-order valence-corrected chi connectivity index (χ2v) is 19.5. The Bertz CT molecular complexity index is 3040. The summed E-state index contributed by atoms with van der Waals surface area (Å²) in [6.45, 7) is 5.33. The topological polar surface area (TPSA) is 224 Å². The van der Waals surface area contributed by atoms with Crippen molar-refractivity contribution in [3.8, 4) is 22.6 Å². The molecule has 4 aromatic carbocycles. The minimum atomic E-state index is -4.30. The number of rotatable bonds is 7. The SMILES string of the molecule is CNC(=O)c1c(-c2ccc(F)cc2)oc2cc3c(cc12)CCCCN3S(=O)(=O)NC(=O)OC(C)(C)C.CNC(=O)c1c(-c2ccc(F)cc2)oc2cc3c(cc12)CCCCN3S(N)(=O)=O. The standard InChI is InChI=1S/C25H28FN3O6S.C20H20FN3O4S/c1-25(2,3)35-24(31)28-36(32,33)29-12-6-5-7-16-13-18-20(14-19(16)29)34-22(21(18)23(30)27-4)15-8-10-17(26)11-9-15;1-23-20(25)18-15-10-13-4-2-3-9-24(29(22,26)27)16(13)11-17(15)28-19(18)12-5-7-14(21)8-6-12/h8-11,13-14H,5-7,12H2,1-4H3,(H,27,30)(H,28,31);5-8,10-11H,2-4,9H2,1H3,(H,23,25)(H2,22,26,27). The molecule has 20 heteroatoms. The van der Waals surface area contributed by atoms with E-state index in [4.69, 9.17) is 18.7 Å². The van der Waals surface area contributed by atoms with Crippen LogP contribution in [0.2, 0.25) is 0 Å². The Labute approximate surface area is 374 Å². The highest BCUT2D eigenvalue weighted by Gasteiger charge is 2.33. The zero-order valence-corrected chi connectivity index (χ0v) is 37.8. The van der Waals surface area contributed by atoms with E-state index in [-0.39, 0.29) is 35.9 Å². The molecule has 5 N–H and O–H groups in total. The van der Waals surface area contributed by atoms with Gasteiger partial charge in [-0.25, -0.2) is 23.4 Å². The van der Waals surface area contributed by atoms with E-state index in [0.717, 1.165) is 16.3 Å². The molecule has 3 amide bonds. The lowest BCUT2D eigenvalue weighted by molar-refractivity contribution is 0.0569. The minimum Gasteiger partial charge on any atom is -0.455 e. The van der Waals surface area contributed by atoms with Gasteiger partial charge in [-0.2, -0.15) is 16.8 Å². The molecular weight excluding hydrogens is 887 g/mol. The largest absolute Gasteiger partial charge is 0.455 e. The van der Waals surface area contributed by atoms with Crippen LogP contribution in [0.25, 0.3) is 44.6 Å². The van der Waals surface area contributed by atoms with E-state index in [1.807, 2.05) is 4.72 Å². The van der Waals surface area contributed by atoms with Crippen molar-refractivity contribution in [2.45, 2.75) is 64.9 Å². The Balaban J connectivity index is 0.000000198. The zero-order valence-electron chi connectivity index (χ0n) is 36.2. The number of benzene rings is 4. The molecule has 344 valence electrons. The van der Waals surface area contributed by atoms with Gasteiger partial charge in [0.2, 0.25) is 0 Å². The number of nitrogens with one attached hydrogen (secondary N) is 3. The fourth-order valence-electron chi connectivity index (χ4n) is 7.88. The number of hydrogen-bond acceptors (Lipinski definition) is 10. The lowest BCUT2D eigenvalue weighted by Crippen LogP contribution is -2.45. The minimum absolute atomic E-state index is 0.143. The fourth-order valence-corrected chi connectivity index (χ4v) is 9.87. The Morgan fingerprint density at radius 2 is 1.08 bits per heavy atom. The van der Waals surface area contributed by atoms with Crippen molar-refractivity contribution in [2.75, 3.05) is 35.8 Å². The van der Waals surface area contributed by atoms with Crippen LogP contribution in [0.15, 0.2) is 81.6 Å². The van der Waals surface area contributed by atoms with Crippen molar-refractivity contribution in [1.82, 2.24) is 15.4 Å². The maximum Gasteiger partial charge on any atom is 0.422 e. The van der Waals surface area contributed by atoms with Gasteiger partial charge in [-0.3, -0.25) is 18.2 Å².